The lowest BCUT2D eigenvalue weighted by atomic mass is 10.0. The minimum Gasteiger partial charge on any atom is -0.493 e. The zero-order chi connectivity index (χ0) is 14.7. The van der Waals surface area contributed by atoms with E-state index in [1.165, 1.54) is 18.2 Å². The van der Waals surface area contributed by atoms with E-state index in [0.29, 0.717) is 27.1 Å². The second-order valence-corrected chi connectivity index (χ2v) is 6.10. The predicted molar refractivity (Wildman–Crippen MR) is 87.9 cm³/mol. The Morgan fingerprint density at radius 2 is 2.00 bits per heavy atom. The van der Waals surface area contributed by atoms with Gasteiger partial charge in [-0.15, -0.1) is 0 Å². The van der Waals surface area contributed by atoms with Crippen molar-refractivity contribution in [3.05, 3.63) is 61.4 Å². The molecule has 0 aromatic heterocycles. The van der Waals surface area contributed by atoms with Gasteiger partial charge in [-0.05, 0) is 65.9 Å². The fourth-order valence-corrected chi connectivity index (χ4v) is 2.86. The van der Waals surface area contributed by atoms with Gasteiger partial charge in [-0.2, -0.15) is 0 Å². The molecule has 0 radical (unpaired) electrons. The van der Waals surface area contributed by atoms with Crippen molar-refractivity contribution in [2.75, 3.05) is 6.61 Å². The molecule has 2 aromatic rings. The highest BCUT2D eigenvalue weighted by molar-refractivity contribution is 14.1. The molecule has 2 aromatic carbocycles. The van der Waals surface area contributed by atoms with Crippen molar-refractivity contribution in [2.45, 2.75) is 6.92 Å². The Bertz CT molecular complexity index is 658. The van der Waals surface area contributed by atoms with Gasteiger partial charge in [0.2, 0.25) is 0 Å². The van der Waals surface area contributed by atoms with Gasteiger partial charge in [-0.1, -0.05) is 15.9 Å². The molecule has 2 nitrogen and oxygen atoms in total. The van der Waals surface area contributed by atoms with E-state index in [-0.39, 0.29) is 11.6 Å². The van der Waals surface area contributed by atoms with E-state index in [1.807, 2.05) is 35.6 Å². The summed E-state index contributed by atoms with van der Waals surface area (Å²) >= 11 is 5.31. The third-order valence-electron chi connectivity index (χ3n) is 2.66. The Morgan fingerprint density at radius 3 is 2.65 bits per heavy atom. The fourth-order valence-electron chi connectivity index (χ4n) is 1.78. The Morgan fingerprint density at radius 1 is 1.25 bits per heavy atom. The molecule has 104 valence electrons. The lowest BCUT2D eigenvalue weighted by molar-refractivity contribution is 0.103. The Labute approximate surface area is 138 Å². The molecule has 5 heteroatoms. The molecule has 0 atom stereocenters. The van der Waals surface area contributed by atoms with Gasteiger partial charge < -0.3 is 4.74 Å². The minimum atomic E-state index is -0.356. The molecule has 0 N–H and O–H groups in total. The summed E-state index contributed by atoms with van der Waals surface area (Å²) in [5, 5.41) is 0. The Hall–Kier alpha value is -0.950. The van der Waals surface area contributed by atoms with Crippen LogP contribution in [0.1, 0.15) is 22.8 Å². The van der Waals surface area contributed by atoms with Crippen molar-refractivity contribution < 1.29 is 13.9 Å². The first kappa shape index (κ1) is 15.4. The second-order valence-electron chi connectivity index (χ2n) is 4.03. The van der Waals surface area contributed by atoms with E-state index >= 15 is 0 Å². The summed E-state index contributed by atoms with van der Waals surface area (Å²) in [6, 6.07) is 9.40. The van der Waals surface area contributed by atoms with E-state index in [4.69, 9.17) is 4.74 Å². The van der Waals surface area contributed by atoms with Crippen molar-refractivity contribution in [3.8, 4) is 5.75 Å². The zero-order valence-electron chi connectivity index (χ0n) is 10.6. The van der Waals surface area contributed by atoms with Gasteiger partial charge in [0.15, 0.2) is 5.78 Å². The number of hydrogen-bond donors (Lipinski definition) is 0. The van der Waals surface area contributed by atoms with Gasteiger partial charge in [0.1, 0.15) is 11.6 Å². The van der Waals surface area contributed by atoms with Crippen LogP contribution in [0, 0.1) is 9.39 Å². The van der Waals surface area contributed by atoms with Gasteiger partial charge in [-0.25, -0.2) is 4.39 Å². The van der Waals surface area contributed by atoms with Crippen LogP contribution in [0.2, 0.25) is 0 Å². The van der Waals surface area contributed by atoms with Gasteiger partial charge in [0.05, 0.1) is 12.2 Å². The van der Waals surface area contributed by atoms with Crippen LogP contribution < -0.4 is 4.74 Å². The molecular formula is C15H11BrFIO2. The SMILES string of the molecule is CCOc1ccc(Br)cc1C(=O)c1ccc(F)cc1I. The largest absolute Gasteiger partial charge is 0.493 e. The standard InChI is InChI=1S/C15H11BrFIO2/c1-2-20-14-6-3-9(16)7-12(14)15(19)11-5-4-10(17)8-13(11)18/h3-8H,2H2,1H3. The average Bonchev–Trinajstić information content (AvgIpc) is 2.40. The quantitative estimate of drug-likeness (QED) is 0.495. The summed E-state index contributed by atoms with van der Waals surface area (Å²) in [6.45, 7) is 2.33. The first-order chi connectivity index (χ1) is 9.52. The van der Waals surface area contributed by atoms with Crippen LogP contribution in [0.4, 0.5) is 4.39 Å². The summed E-state index contributed by atoms with van der Waals surface area (Å²) < 4.78 is 20.0. The number of ketones is 1. The lowest BCUT2D eigenvalue weighted by Crippen LogP contribution is -2.07. The van der Waals surface area contributed by atoms with Crippen LogP contribution in [0.5, 0.6) is 5.75 Å². The van der Waals surface area contributed by atoms with E-state index in [0.717, 1.165) is 4.47 Å². The van der Waals surface area contributed by atoms with Crippen molar-refractivity contribution in [3.63, 3.8) is 0 Å². The molecule has 20 heavy (non-hydrogen) atoms. The molecule has 0 fully saturated rings. The van der Waals surface area contributed by atoms with Crippen molar-refractivity contribution >= 4 is 44.3 Å². The fraction of sp³-hybridized carbons (Fsp3) is 0.133. The van der Waals surface area contributed by atoms with Crippen molar-refractivity contribution in [1.82, 2.24) is 0 Å². The van der Waals surface area contributed by atoms with Gasteiger partial charge >= 0.3 is 0 Å². The van der Waals surface area contributed by atoms with E-state index in [2.05, 4.69) is 15.9 Å². The molecule has 0 saturated carbocycles. The van der Waals surface area contributed by atoms with Crippen molar-refractivity contribution in [1.29, 1.82) is 0 Å². The van der Waals surface area contributed by atoms with E-state index in [9.17, 15) is 9.18 Å². The minimum absolute atomic E-state index is 0.181. The normalized spacial score (nSPS) is 10.4. The topological polar surface area (TPSA) is 26.3 Å². The monoisotopic (exact) mass is 448 g/mol. The maximum absolute atomic E-state index is 13.1. The molecule has 0 unspecified atom stereocenters. The van der Waals surface area contributed by atoms with Crippen LogP contribution >= 0.6 is 38.5 Å². The Kier molecular flexibility index (Phi) is 5.15. The maximum Gasteiger partial charge on any atom is 0.197 e. The molecular weight excluding hydrogens is 438 g/mol. The first-order valence-electron chi connectivity index (χ1n) is 5.95. The lowest BCUT2D eigenvalue weighted by Gasteiger charge is -2.11. The number of benzene rings is 2. The van der Waals surface area contributed by atoms with Gasteiger partial charge in [-0.3, -0.25) is 4.79 Å². The zero-order valence-corrected chi connectivity index (χ0v) is 14.4. The molecule has 2 rings (SSSR count). The maximum atomic E-state index is 13.1. The molecule has 0 spiro atoms. The number of halogens is 3. The highest BCUT2D eigenvalue weighted by Gasteiger charge is 2.18. The molecule has 0 amide bonds. The van der Waals surface area contributed by atoms with E-state index < -0.39 is 0 Å². The number of ether oxygens (including phenoxy) is 1. The highest BCUT2D eigenvalue weighted by Crippen LogP contribution is 2.27. The number of carbonyl (C=O) groups excluding carboxylic acids is 1. The van der Waals surface area contributed by atoms with Crippen LogP contribution in [0.15, 0.2) is 40.9 Å². The van der Waals surface area contributed by atoms with Gasteiger partial charge in [0.25, 0.3) is 0 Å². The number of hydrogen-bond acceptors (Lipinski definition) is 2. The number of carbonyl (C=O) groups is 1. The highest BCUT2D eigenvalue weighted by atomic mass is 127. The molecule has 0 aliphatic rings. The van der Waals surface area contributed by atoms with Crippen LogP contribution in [-0.4, -0.2) is 12.4 Å². The molecule has 0 aliphatic carbocycles. The second kappa shape index (κ2) is 6.67. The van der Waals surface area contributed by atoms with Crippen molar-refractivity contribution in [2.24, 2.45) is 0 Å². The van der Waals surface area contributed by atoms with Crippen LogP contribution in [0.3, 0.4) is 0 Å². The smallest absolute Gasteiger partial charge is 0.197 e. The predicted octanol–water partition coefficient (Wildman–Crippen LogP) is 4.82. The summed E-state index contributed by atoms with van der Waals surface area (Å²) in [5.74, 6) is -0.00908. The third-order valence-corrected chi connectivity index (χ3v) is 4.05. The summed E-state index contributed by atoms with van der Waals surface area (Å²) in [5.41, 5.74) is 0.928. The van der Waals surface area contributed by atoms with Crippen LogP contribution in [-0.2, 0) is 0 Å². The van der Waals surface area contributed by atoms with Gasteiger partial charge in [0, 0.05) is 13.6 Å². The van der Waals surface area contributed by atoms with Crippen LogP contribution in [0.25, 0.3) is 0 Å². The number of rotatable bonds is 4. The summed E-state index contributed by atoms with van der Waals surface area (Å²) in [4.78, 5) is 12.6. The molecule has 0 heterocycles. The summed E-state index contributed by atoms with van der Waals surface area (Å²) in [7, 11) is 0. The average molecular weight is 449 g/mol. The molecule has 0 aliphatic heterocycles. The summed E-state index contributed by atoms with van der Waals surface area (Å²) in [6.07, 6.45) is 0. The molecule has 0 bridgehead atoms. The first-order valence-corrected chi connectivity index (χ1v) is 7.82. The molecule has 0 saturated heterocycles. The third kappa shape index (κ3) is 3.38. The van der Waals surface area contributed by atoms with E-state index in [1.54, 1.807) is 12.1 Å². The Balaban J connectivity index is 2.49.